The normalized spacial score (nSPS) is 11.8. The van der Waals surface area contributed by atoms with Crippen LogP contribution in [0, 0.1) is 0 Å². The molecule has 2 N–H and O–H groups in total. The molecule has 0 saturated heterocycles. The van der Waals surface area contributed by atoms with Crippen LogP contribution in [-0.2, 0) is 20.7 Å². The Balaban J connectivity index is 2.28. The van der Waals surface area contributed by atoms with Gasteiger partial charge in [0.05, 0.1) is 19.2 Å². The average molecular weight is 299 g/mol. The molecule has 112 valence electrons. The lowest BCUT2D eigenvalue weighted by Crippen LogP contribution is -2.32. The fourth-order valence-electron chi connectivity index (χ4n) is 1.42. The van der Waals surface area contributed by atoms with Crippen molar-refractivity contribution in [3.63, 3.8) is 0 Å². The maximum absolute atomic E-state index is 11.6. The predicted octanol–water partition coefficient (Wildman–Crippen LogP) is 1.58. The van der Waals surface area contributed by atoms with Crippen LogP contribution in [0.3, 0.4) is 0 Å². The van der Waals surface area contributed by atoms with E-state index in [1.165, 1.54) is 18.4 Å². The molecule has 1 heterocycles. The van der Waals surface area contributed by atoms with Crippen molar-refractivity contribution in [1.82, 2.24) is 10.3 Å². The first-order valence-corrected chi connectivity index (χ1v) is 7.47. The molecular weight excluding hydrogens is 278 g/mol. The van der Waals surface area contributed by atoms with Gasteiger partial charge in [-0.25, -0.2) is 4.98 Å². The van der Waals surface area contributed by atoms with Gasteiger partial charge in [-0.3, -0.25) is 9.59 Å². The molecule has 0 spiro atoms. The van der Waals surface area contributed by atoms with Crippen molar-refractivity contribution in [2.75, 3.05) is 19.0 Å². The number of hydrogen-bond donors (Lipinski definition) is 2. The maximum atomic E-state index is 11.6. The highest BCUT2D eigenvalue weighted by Gasteiger charge is 2.08. The quantitative estimate of drug-likeness (QED) is 0.712. The van der Waals surface area contributed by atoms with Crippen LogP contribution in [0.4, 0.5) is 5.13 Å². The monoisotopic (exact) mass is 299 g/mol. The molecule has 0 aliphatic heterocycles. The molecule has 0 aliphatic rings. The smallest absolute Gasteiger partial charge is 0.311 e. The molecule has 1 rings (SSSR count). The molecule has 1 aromatic rings. The molecule has 1 aromatic heterocycles. The van der Waals surface area contributed by atoms with Crippen molar-refractivity contribution in [2.45, 2.75) is 39.2 Å². The Morgan fingerprint density at radius 3 is 2.90 bits per heavy atom. The number of nitrogens with zero attached hydrogens (tertiary/aromatic N) is 1. The van der Waals surface area contributed by atoms with E-state index in [0.717, 1.165) is 6.42 Å². The van der Waals surface area contributed by atoms with E-state index in [9.17, 15) is 9.59 Å². The number of esters is 1. The maximum Gasteiger partial charge on any atom is 0.311 e. The van der Waals surface area contributed by atoms with Crippen LogP contribution >= 0.6 is 11.3 Å². The summed E-state index contributed by atoms with van der Waals surface area (Å²) < 4.78 is 4.58. The number of rotatable bonds is 8. The van der Waals surface area contributed by atoms with Crippen LogP contribution in [0.5, 0.6) is 0 Å². The van der Waals surface area contributed by atoms with Crippen LogP contribution < -0.4 is 10.6 Å². The third kappa shape index (κ3) is 6.01. The molecule has 0 aliphatic carbocycles. The number of nitrogens with one attached hydrogen (secondary N) is 2. The Kier molecular flexibility index (Phi) is 7.00. The number of hydrogen-bond acceptors (Lipinski definition) is 6. The first-order chi connectivity index (χ1) is 9.55. The molecule has 0 radical (unpaired) electrons. The van der Waals surface area contributed by atoms with Crippen LogP contribution in [0.15, 0.2) is 5.38 Å². The van der Waals surface area contributed by atoms with E-state index in [-0.39, 0.29) is 24.3 Å². The van der Waals surface area contributed by atoms with Crippen LogP contribution in [-0.4, -0.2) is 36.6 Å². The first kappa shape index (κ1) is 16.4. The highest BCUT2D eigenvalue weighted by molar-refractivity contribution is 7.13. The van der Waals surface area contributed by atoms with E-state index in [1.54, 1.807) is 5.38 Å². The lowest BCUT2D eigenvalue weighted by molar-refractivity contribution is -0.139. The lowest BCUT2D eigenvalue weighted by atomic mass is 10.2. The predicted molar refractivity (Wildman–Crippen MR) is 78.8 cm³/mol. The summed E-state index contributed by atoms with van der Waals surface area (Å²) in [6.07, 6.45) is 1.49. The van der Waals surface area contributed by atoms with Crippen molar-refractivity contribution < 1.29 is 14.3 Å². The Morgan fingerprint density at radius 2 is 2.25 bits per heavy atom. The van der Waals surface area contributed by atoms with Crippen molar-refractivity contribution >= 4 is 28.3 Å². The molecule has 6 nitrogen and oxygen atoms in total. The highest BCUT2D eigenvalue weighted by Crippen LogP contribution is 2.15. The number of thiazole rings is 1. The van der Waals surface area contributed by atoms with Gasteiger partial charge >= 0.3 is 5.97 Å². The van der Waals surface area contributed by atoms with Gasteiger partial charge in [0.25, 0.3) is 0 Å². The number of aromatic nitrogens is 1. The number of carbonyl (C=O) groups excluding carboxylic acids is 2. The highest BCUT2D eigenvalue weighted by atomic mass is 32.1. The molecule has 0 aromatic carbocycles. The summed E-state index contributed by atoms with van der Waals surface area (Å²) in [7, 11) is 1.35. The van der Waals surface area contributed by atoms with Gasteiger partial charge in [0.1, 0.15) is 0 Å². The standard InChI is InChI=1S/C13H21N3O3S/c1-4-9(2)15-11(17)5-6-14-13-16-10(8-20-13)7-12(18)19-3/h8-9H,4-7H2,1-3H3,(H,14,16)(H,15,17). The second-order valence-corrected chi connectivity index (χ2v) is 5.31. The zero-order valence-corrected chi connectivity index (χ0v) is 12.9. The number of amides is 1. The van der Waals surface area contributed by atoms with Gasteiger partial charge in [-0.15, -0.1) is 11.3 Å². The SMILES string of the molecule is CCC(C)NC(=O)CCNc1nc(CC(=O)OC)cs1. The van der Waals surface area contributed by atoms with Crippen molar-refractivity contribution in [2.24, 2.45) is 0 Å². The second-order valence-electron chi connectivity index (χ2n) is 4.45. The van der Waals surface area contributed by atoms with Gasteiger partial charge < -0.3 is 15.4 Å². The average Bonchev–Trinajstić information content (AvgIpc) is 2.85. The summed E-state index contributed by atoms with van der Waals surface area (Å²) in [6, 6.07) is 0.203. The molecule has 1 amide bonds. The summed E-state index contributed by atoms with van der Waals surface area (Å²) in [4.78, 5) is 26.9. The molecule has 0 bridgehead atoms. The molecule has 0 fully saturated rings. The number of ether oxygens (including phenoxy) is 1. The third-order valence-electron chi connectivity index (χ3n) is 2.75. The molecule has 0 saturated carbocycles. The number of anilines is 1. The van der Waals surface area contributed by atoms with Gasteiger partial charge in [-0.2, -0.15) is 0 Å². The van der Waals surface area contributed by atoms with Gasteiger partial charge in [0, 0.05) is 24.4 Å². The van der Waals surface area contributed by atoms with Crippen molar-refractivity contribution in [1.29, 1.82) is 0 Å². The van der Waals surface area contributed by atoms with Crippen molar-refractivity contribution in [3.8, 4) is 0 Å². The van der Waals surface area contributed by atoms with E-state index in [2.05, 4.69) is 20.4 Å². The van der Waals surface area contributed by atoms with E-state index >= 15 is 0 Å². The van der Waals surface area contributed by atoms with E-state index in [4.69, 9.17) is 0 Å². The summed E-state index contributed by atoms with van der Waals surface area (Å²) in [5.41, 5.74) is 0.674. The number of methoxy groups -OCH3 is 1. The summed E-state index contributed by atoms with van der Waals surface area (Å²) in [6.45, 7) is 4.53. The van der Waals surface area contributed by atoms with E-state index in [0.29, 0.717) is 23.8 Å². The Bertz CT molecular complexity index is 448. The molecule has 7 heteroatoms. The zero-order chi connectivity index (χ0) is 15.0. The minimum Gasteiger partial charge on any atom is -0.469 e. The summed E-state index contributed by atoms with van der Waals surface area (Å²) in [5.74, 6) is -0.284. The van der Waals surface area contributed by atoms with Crippen LogP contribution in [0.2, 0.25) is 0 Å². The largest absolute Gasteiger partial charge is 0.469 e. The fraction of sp³-hybridized carbons (Fsp3) is 0.615. The molecule has 1 atom stereocenters. The fourth-order valence-corrected chi connectivity index (χ4v) is 2.16. The van der Waals surface area contributed by atoms with Crippen LogP contribution in [0.25, 0.3) is 0 Å². The molecule has 1 unspecified atom stereocenters. The lowest BCUT2D eigenvalue weighted by Gasteiger charge is -2.11. The summed E-state index contributed by atoms with van der Waals surface area (Å²) >= 11 is 1.41. The minimum atomic E-state index is -0.310. The van der Waals surface area contributed by atoms with E-state index < -0.39 is 0 Å². The Hall–Kier alpha value is -1.63. The van der Waals surface area contributed by atoms with E-state index in [1.807, 2.05) is 13.8 Å². The van der Waals surface area contributed by atoms with Gasteiger partial charge in [-0.05, 0) is 13.3 Å². The topological polar surface area (TPSA) is 80.3 Å². The first-order valence-electron chi connectivity index (χ1n) is 6.59. The molecule has 20 heavy (non-hydrogen) atoms. The number of carbonyl (C=O) groups is 2. The van der Waals surface area contributed by atoms with Crippen molar-refractivity contribution in [3.05, 3.63) is 11.1 Å². The van der Waals surface area contributed by atoms with Gasteiger partial charge in [0.2, 0.25) is 5.91 Å². The zero-order valence-electron chi connectivity index (χ0n) is 12.1. The minimum absolute atomic E-state index is 0.0261. The second kappa shape index (κ2) is 8.52. The third-order valence-corrected chi connectivity index (χ3v) is 3.60. The Labute approximate surface area is 122 Å². The van der Waals surface area contributed by atoms with Gasteiger partial charge in [0.15, 0.2) is 5.13 Å². The van der Waals surface area contributed by atoms with Gasteiger partial charge in [-0.1, -0.05) is 6.92 Å². The molecular formula is C13H21N3O3S. The Morgan fingerprint density at radius 1 is 1.50 bits per heavy atom. The van der Waals surface area contributed by atoms with Crippen LogP contribution in [0.1, 0.15) is 32.4 Å². The summed E-state index contributed by atoms with van der Waals surface area (Å²) in [5, 5.41) is 8.48.